The highest BCUT2D eigenvalue weighted by molar-refractivity contribution is 8.15. The molecule has 2 amide bonds. The lowest BCUT2D eigenvalue weighted by atomic mass is 10.1. The van der Waals surface area contributed by atoms with Crippen LogP contribution in [-0.2, 0) is 11.2 Å². The van der Waals surface area contributed by atoms with Crippen molar-refractivity contribution in [2.24, 2.45) is 0 Å². The molecule has 136 valence electrons. The van der Waals surface area contributed by atoms with E-state index in [0.29, 0.717) is 6.54 Å². The van der Waals surface area contributed by atoms with Crippen molar-refractivity contribution in [3.63, 3.8) is 0 Å². The van der Waals surface area contributed by atoms with Crippen LogP contribution >= 0.6 is 11.8 Å². The van der Waals surface area contributed by atoms with E-state index >= 15 is 0 Å². The number of aliphatic hydroxyl groups is 1. The van der Waals surface area contributed by atoms with Gasteiger partial charge >= 0.3 is 0 Å². The van der Waals surface area contributed by atoms with Crippen molar-refractivity contribution in [2.45, 2.75) is 17.9 Å². The molecular formula is C19H21N3O3S. The molecule has 6 nitrogen and oxygen atoms in total. The summed E-state index contributed by atoms with van der Waals surface area (Å²) >= 11 is 0.946. The Morgan fingerprint density at radius 1 is 1.08 bits per heavy atom. The molecule has 2 atom stereocenters. The van der Waals surface area contributed by atoms with Gasteiger partial charge in [0.2, 0.25) is 0 Å². The van der Waals surface area contributed by atoms with Crippen LogP contribution in [-0.4, -0.2) is 34.7 Å². The van der Waals surface area contributed by atoms with E-state index in [1.165, 1.54) is 0 Å². The van der Waals surface area contributed by atoms with Gasteiger partial charge in [0.05, 0.1) is 6.10 Å². The SMILES string of the molecule is O=C1NC(=O)C(Nc2ccc(CCNCC(O)c3ccccc3)cc2)S1. The molecule has 2 aromatic rings. The fraction of sp³-hybridized carbons (Fsp3) is 0.263. The standard InChI is InChI=1S/C19H21N3O3S/c23-16(14-4-2-1-3-5-14)12-20-11-10-13-6-8-15(9-7-13)21-18-17(24)22-19(25)26-18/h1-9,16,18,20-21,23H,10-12H2,(H,22,24,25). The summed E-state index contributed by atoms with van der Waals surface area (Å²) in [6.07, 6.45) is 0.319. The van der Waals surface area contributed by atoms with Gasteiger partial charge in [0.1, 0.15) is 0 Å². The molecule has 0 spiro atoms. The Morgan fingerprint density at radius 2 is 1.81 bits per heavy atom. The van der Waals surface area contributed by atoms with E-state index in [2.05, 4.69) is 16.0 Å². The Labute approximate surface area is 156 Å². The molecule has 1 saturated heterocycles. The summed E-state index contributed by atoms with van der Waals surface area (Å²) in [5, 5.41) is 17.7. The van der Waals surface area contributed by atoms with Crippen LogP contribution in [0.4, 0.5) is 10.5 Å². The minimum Gasteiger partial charge on any atom is -0.387 e. The molecule has 2 unspecified atom stereocenters. The second kappa shape index (κ2) is 8.84. The van der Waals surface area contributed by atoms with Gasteiger partial charge in [0.25, 0.3) is 11.1 Å². The average molecular weight is 371 g/mol. The molecule has 2 aromatic carbocycles. The molecule has 3 rings (SSSR count). The van der Waals surface area contributed by atoms with E-state index in [-0.39, 0.29) is 11.1 Å². The fourth-order valence-electron chi connectivity index (χ4n) is 2.63. The van der Waals surface area contributed by atoms with Gasteiger partial charge in [-0.2, -0.15) is 0 Å². The molecular weight excluding hydrogens is 350 g/mol. The lowest BCUT2D eigenvalue weighted by Crippen LogP contribution is -2.29. The highest BCUT2D eigenvalue weighted by Crippen LogP contribution is 2.21. The van der Waals surface area contributed by atoms with Gasteiger partial charge in [-0.05, 0) is 48.0 Å². The van der Waals surface area contributed by atoms with E-state index in [9.17, 15) is 14.7 Å². The number of benzene rings is 2. The number of hydrogen-bond donors (Lipinski definition) is 4. The van der Waals surface area contributed by atoms with E-state index in [1.807, 2.05) is 54.6 Å². The van der Waals surface area contributed by atoms with Crippen LogP contribution in [0.3, 0.4) is 0 Å². The molecule has 0 aromatic heterocycles. The molecule has 4 N–H and O–H groups in total. The second-order valence-corrected chi connectivity index (χ2v) is 7.07. The second-order valence-electron chi connectivity index (χ2n) is 6.00. The zero-order chi connectivity index (χ0) is 18.4. The number of aliphatic hydroxyl groups excluding tert-OH is 1. The van der Waals surface area contributed by atoms with Gasteiger partial charge in [-0.1, -0.05) is 42.5 Å². The summed E-state index contributed by atoms with van der Waals surface area (Å²) in [4.78, 5) is 22.7. The summed E-state index contributed by atoms with van der Waals surface area (Å²) in [6.45, 7) is 1.26. The molecule has 7 heteroatoms. The first-order valence-electron chi connectivity index (χ1n) is 8.42. The van der Waals surface area contributed by atoms with Crippen LogP contribution in [0.25, 0.3) is 0 Å². The van der Waals surface area contributed by atoms with Crippen LogP contribution in [0.2, 0.25) is 0 Å². The number of amides is 2. The first-order chi connectivity index (χ1) is 12.6. The number of anilines is 1. The minimum atomic E-state index is -0.575. The van der Waals surface area contributed by atoms with Crippen LogP contribution in [0, 0.1) is 0 Å². The maximum absolute atomic E-state index is 11.5. The molecule has 1 aliphatic heterocycles. The molecule has 0 aliphatic carbocycles. The van der Waals surface area contributed by atoms with Crippen LogP contribution in [0.15, 0.2) is 54.6 Å². The Hall–Kier alpha value is -2.35. The molecule has 1 heterocycles. The predicted molar refractivity (Wildman–Crippen MR) is 103 cm³/mol. The smallest absolute Gasteiger partial charge is 0.288 e. The summed E-state index contributed by atoms with van der Waals surface area (Å²) in [7, 11) is 0. The van der Waals surface area contributed by atoms with Gasteiger partial charge in [-0.3, -0.25) is 14.9 Å². The van der Waals surface area contributed by atoms with Gasteiger partial charge in [-0.15, -0.1) is 0 Å². The summed E-state index contributed by atoms with van der Waals surface area (Å²) in [5.41, 5.74) is 2.85. The summed E-state index contributed by atoms with van der Waals surface area (Å²) in [5.74, 6) is -0.315. The zero-order valence-corrected chi connectivity index (χ0v) is 15.0. The third-order valence-electron chi connectivity index (χ3n) is 4.05. The highest BCUT2D eigenvalue weighted by Gasteiger charge is 2.31. The Morgan fingerprint density at radius 3 is 2.46 bits per heavy atom. The van der Waals surface area contributed by atoms with Crippen molar-refractivity contribution in [1.82, 2.24) is 10.6 Å². The molecule has 1 aliphatic rings. The Balaban J connectivity index is 1.40. The third-order valence-corrected chi connectivity index (χ3v) is 4.94. The summed E-state index contributed by atoms with van der Waals surface area (Å²) < 4.78 is 0. The summed E-state index contributed by atoms with van der Waals surface area (Å²) in [6, 6.07) is 17.3. The zero-order valence-electron chi connectivity index (χ0n) is 14.1. The monoisotopic (exact) mass is 371 g/mol. The van der Waals surface area contributed by atoms with Crippen LogP contribution in [0.1, 0.15) is 17.2 Å². The Bertz CT molecular complexity index is 752. The van der Waals surface area contributed by atoms with Crippen molar-refractivity contribution in [3.8, 4) is 0 Å². The lowest BCUT2D eigenvalue weighted by molar-refractivity contribution is -0.118. The third kappa shape index (κ3) is 5.08. The average Bonchev–Trinajstić information content (AvgIpc) is 2.97. The number of nitrogens with one attached hydrogen (secondary N) is 3. The molecule has 0 bridgehead atoms. The number of rotatable bonds is 8. The topological polar surface area (TPSA) is 90.5 Å². The van der Waals surface area contributed by atoms with Crippen LogP contribution in [0.5, 0.6) is 0 Å². The van der Waals surface area contributed by atoms with E-state index < -0.39 is 11.5 Å². The van der Waals surface area contributed by atoms with Crippen molar-refractivity contribution in [3.05, 3.63) is 65.7 Å². The molecule has 0 radical (unpaired) electrons. The first-order valence-corrected chi connectivity index (χ1v) is 9.30. The quantitative estimate of drug-likeness (QED) is 0.532. The van der Waals surface area contributed by atoms with Gasteiger partial charge in [-0.25, -0.2) is 0 Å². The van der Waals surface area contributed by atoms with Crippen LogP contribution < -0.4 is 16.0 Å². The highest BCUT2D eigenvalue weighted by atomic mass is 32.2. The van der Waals surface area contributed by atoms with E-state index in [4.69, 9.17) is 0 Å². The number of thioether (sulfide) groups is 1. The van der Waals surface area contributed by atoms with Crippen molar-refractivity contribution in [2.75, 3.05) is 18.4 Å². The van der Waals surface area contributed by atoms with Crippen molar-refractivity contribution in [1.29, 1.82) is 0 Å². The lowest BCUT2D eigenvalue weighted by Gasteiger charge is -2.13. The van der Waals surface area contributed by atoms with E-state index in [1.54, 1.807) is 0 Å². The maximum Gasteiger partial charge on any atom is 0.288 e. The minimum absolute atomic E-state index is 0.315. The first kappa shape index (κ1) is 18.4. The normalized spacial score (nSPS) is 17.8. The number of hydrogen-bond acceptors (Lipinski definition) is 6. The van der Waals surface area contributed by atoms with Crippen molar-refractivity contribution < 1.29 is 14.7 Å². The number of carbonyl (C=O) groups excluding carboxylic acids is 2. The van der Waals surface area contributed by atoms with Gasteiger partial charge in [0.15, 0.2) is 5.37 Å². The Kier molecular flexibility index (Phi) is 6.27. The number of imide groups is 1. The van der Waals surface area contributed by atoms with Gasteiger partial charge < -0.3 is 15.7 Å². The molecule has 0 saturated carbocycles. The maximum atomic E-state index is 11.5. The number of carbonyl (C=O) groups is 2. The molecule has 26 heavy (non-hydrogen) atoms. The molecule has 1 fully saturated rings. The van der Waals surface area contributed by atoms with Crippen molar-refractivity contribution >= 4 is 28.6 Å². The van der Waals surface area contributed by atoms with Gasteiger partial charge in [0, 0.05) is 12.2 Å². The largest absolute Gasteiger partial charge is 0.387 e. The van der Waals surface area contributed by atoms with E-state index in [0.717, 1.165) is 41.5 Å². The fourth-order valence-corrected chi connectivity index (χ4v) is 3.37. The predicted octanol–water partition coefficient (Wildman–Crippen LogP) is 2.27.